The Bertz CT molecular complexity index is 1350. The number of carbonyl (C=O) groups excluding carboxylic acids is 1. The maximum absolute atomic E-state index is 12.7. The first kappa shape index (κ1) is 21.9. The lowest BCUT2D eigenvalue weighted by molar-refractivity contribution is 0.0951. The number of aryl methyl sites for hydroxylation is 3. The van der Waals surface area contributed by atoms with Gasteiger partial charge < -0.3 is 14.6 Å². The summed E-state index contributed by atoms with van der Waals surface area (Å²) in [5.74, 6) is 1.28. The monoisotopic (exact) mass is 455 g/mol. The van der Waals surface area contributed by atoms with E-state index in [0.29, 0.717) is 18.0 Å². The molecule has 1 amide bonds. The standard InChI is InChI=1S/C27H29N5O2/c1-17-23(18(2)31(4)30-17)15-28-26(33)21-9-11-22(12-10-21)27-29-24(19(3)34-27)16-32-14-13-20-7-5-6-8-25(20)32/h5-12H,13-16H2,1-4H3,(H,28,33). The van der Waals surface area contributed by atoms with E-state index in [4.69, 9.17) is 9.40 Å². The molecule has 34 heavy (non-hydrogen) atoms. The Morgan fingerprint density at radius 1 is 1.09 bits per heavy atom. The molecule has 0 saturated heterocycles. The van der Waals surface area contributed by atoms with Gasteiger partial charge in [0, 0.05) is 48.2 Å². The van der Waals surface area contributed by atoms with Gasteiger partial charge in [-0.15, -0.1) is 0 Å². The van der Waals surface area contributed by atoms with Gasteiger partial charge in [0.05, 0.1) is 12.2 Å². The molecule has 0 radical (unpaired) electrons. The average Bonchev–Trinajstić information content (AvgIpc) is 3.49. The number of nitrogens with one attached hydrogen (secondary N) is 1. The van der Waals surface area contributed by atoms with E-state index >= 15 is 0 Å². The van der Waals surface area contributed by atoms with Crippen molar-refractivity contribution < 1.29 is 9.21 Å². The number of fused-ring (bicyclic) bond motifs is 1. The average molecular weight is 456 g/mol. The van der Waals surface area contributed by atoms with Crippen LogP contribution in [0, 0.1) is 20.8 Å². The Morgan fingerprint density at radius 2 is 1.85 bits per heavy atom. The highest BCUT2D eigenvalue weighted by molar-refractivity contribution is 5.94. The second-order valence-corrected chi connectivity index (χ2v) is 8.86. The third kappa shape index (κ3) is 4.09. The predicted molar refractivity (Wildman–Crippen MR) is 132 cm³/mol. The minimum atomic E-state index is -0.119. The smallest absolute Gasteiger partial charge is 0.251 e. The van der Waals surface area contributed by atoms with Crippen molar-refractivity contribution in [3.63, 3.8) is 0 Å². The van der Waals surface area contributed by atoms with Crippen LogP contribution in [-0.4, -0.2) is 27.2 Å². The maximum Gasteiger partial charge on any atom is 0.251 e. The molecule has 0 spiro atoms. The van der Waals surface area contributed by atoms with E-state index in [1.165, 1.54) is 11.3 Å². The largest absolute Gasteiger partial charge is 0.441 e. The maximum atomic E-state index is 12.7. The molecular formula is C27H29N5O2. The lowest BCUT2D eigenvalue weighted by Gasteiger charge is -2.17. The molecule has 0 bridgehead atoms. The molecule has 0 atom stereocenters. The molecule has 0 aliphatic carbocycles. The third-order valence-corrected chi connectivity index (χ3v) is 6.70. The summed E-state index contributed by atoms with van der Waals surface area (Å²) in [5, 5.41) is 7.40. The van der Waals surface area contributed by atoms with Crippen LogP contribution in [0.1, 0.15) is 44.3 Å². The summed E-state index contributed by atoms with van der Waals surface area (Å²) in [6, 6.07) is 15.9. The van der Waals surface area contributed by atoms with Crippen molar-refractivity contribution in [2.45, 2.75) is 40.3 Å². The van der Waals surface area contributed by atoms with Gasteiger partial charge >= 0.3 is 0 Å². The molecule has 7 nitrogen and oxygen atoms in total. The molecule has 174 valence electrons. The first-order chi connectivity index (χ1) is 16.4. The number of nitrogens with zero attached hydrogens (tertiary/aromatic N) is 4. The van der Waals surface area contributed by atoms with Crippen molar-refractivity contribution in [3.05, 3.63) is 88.1 Å². The van der Waals surface area contributed by atoms with E-state index in [9.17, 15) is 4.79 Å². The number of benzene rings is 2. The van der Waals surface area contributed by atoms with Crippen molar-refractivity contribution in [2.24, 2.45) is 7.05 Å². The second-order valence-electron chi connectivity index (χ2n) is 8.86. The molecule has 1 aliphatic heterocycles. The number of anilines is 1. The van der Waals surface area contributed by atoms with Crippen molar-refractivity contribution in [3.8, 4) is 11.5 Å². The lowest BCUT2D eigenvalue weighted by Crippen LogP contribution is -2.23. The molecule has 0 saturated carbocycles. The van der Waals surface area contributed by atoms with Gasteiger partial charge in [0.2, 0.25) is 5.89 Å². The summed E-state index contributed by atoms with van der Waals surface area (Å²) < 4.78 is 7.82. The molecule has 2 aromatic carbocycles. The number of carbonyl (C=O) groups is 1. The van der Waals surface area contributed by atoms with Crippen LogP contribution in [-0.2, 0) is 26.6 Å². The van der Waals surface area contributed by atoms with Gasteiger partial charge in [-0.05, 0) is 63.1 Å². The number of para-hydroxylation sites is 1. The Labute approximate surface area is 199 Å². The summed E-state index contributed by atoms with van der Waals surface area (Å²) in [5.41, 5.74) is 8.09. The molecule has 3 heterocycles. The van der Waals surface area contributed by atoms with Crippen LogP contribution >= 0.6 is 0 Å². The Hall–Kier alpha value is -3.87. The Kier molecular flexibility index (Phi) is 5.69. The SMILES string of the molecule is Cc1nn(C)c(C)c1CNC(=O)c1ccc(-c2nc(CN3CCc4ccccc43)c(C)o2)cc1. The molecule has 1 aliphatic rings. The van der Waals surface area contributed by atoms with E-state index in [1.807, 2.05) is 56.8 Å². The predicted octanol–water partition coefficient (Wildman–Crippen LogP) is 4.49. The number of hydrogen-bond donors (Lipinski definition) is 1. The van der Waals surface area contributed by atoms with Gasteiger partial charge in [-0.25, -0.2) is 4.98 Å². The van der Waals surface area contributed by atoms with E-state index in [0.717, 1.165) is 53.5 Å². The number of rotatable bonds is 6. The summed E-state index contributed by atoms with van der Waals surface area (Å²) in [4.78, 5) is 19.8. The van der Waals surface area contributed by atoms with Crippen LogP contribution in [0.4, 0.5) is 5.69 Å². The fraction of sp³-hybridized carbons (Fsp3) is 0.296. The van der Waals surface area contributed by atoms with Crippen LogP contribution in [0.15, 0.2) is 52.9 Å². The minimum Gasteiger partial charge on any atom is -0.441 e. The van der Waals surface area contributed by atoms with Crippen LogP contribution in [0.2, 0.25) is 0 Å². The first-order valence-electron chi connectivity index (χ1n) is 11.6. The van der Waals surface area contributed by atoms with Gasteiger partial charge in [0.15, 0.2) is 0 Å². The summed E-state index contributed by atoms with van der Waals surface area (Å²) >= 11 is 0. The molecular weight excluding hydrogens is 426 g/mol. The highest BCUT2D eigenvalue weighted by atomic mass is 16.4. The van der Waals surface area contributed by atoms with Gasteiger partial charge in [-0.3, -0.25) is 9.48 Å². The fourth-order valence-electron chi connectivity index (χ4n) is 4.56. The van der Waals surface area contributed by atoms with Crippen molar-refractivity contribution in [2.75, 3.05) is 11.4 Å². The highest BCUT2D eigenvalue weighted by Crippen LogP contribution is 2.30. The quantitative estimate of drug-likeness (QED) is 0.464. The van der Waals surface area contributed by atoms with Crippen molar-refractivity contribution in [1.82, 2.24) is 20.1 Å². The zero-order valence-corrected chi connectivity index (χ0v) is 20.1. The van der Waals surface area contributed by atoms with Crippen LogP contribution in [0.3, 0.4) is 0 Å². The van der Waals surface area contributed by atoms with Crippen molar-refractivity contribution in [1.29, 1.82) is 0 Å². The summed E-state index contributed by atoms with van der Waals surface area (Å²) in [6.45, 7) is 8.08. The van der Waals surface area contributed by atoms with E-state index in [-0.39, 0.29) is 5.91 Å². The van der Waals surface area contributed by atoms with Crippen LogP contribution < -0.4 is 10.2 Å². The number of aromatic nitrogens is 3. The van der Waals surface area contributed by atoms with E-state index in [1.54, 1.807) is 0 Å². The Morgan fingerprint density at radius 3 is 2.59 bits per heavy atom. The molecule has 4 aromatic rings. The minimum absolute atomic E-state index is 0.119. The Balaban J connectivity index is 1.26. The van der Waals surface area contributed by atoms with Crippen molar-refractivity contribution >= 4 is 11.6 Å². The van der Waals surface area contributed by atoms with E-state index < -0.39 is 0 Å². The van der Waals surface area contributed by atoms with Gasteiger partial charge in [0.25, 0.3) is 5.91 Å². The third-order valence-electron chi connectivity index (χ3n) is 6.70. The topological polar surface area (TPSA) is 76.2 Å². The van der Waals surface area contributed by atoms with Crippen LogP contribution in [0.5, 0.6) is 0 Å². The second kappa shape index (κ2) is 8.82. The summed E-state index contributed by atoms with van der Waals surface area (Å²) in [7, 11) is 1.91. The molecule has 0 unspecified atom stereocenters. The number of hydrogen-bond acceptors (Lipinski definition) is 5. The summed E-state index contributed by atoms with van der Waals surface area (Å²) in [6.07, 6.45) is 1.06. The number of oxazole rings is 1. The molecule has 0 fully saturated rings. The van der Waals surface area contributed by atoms with Gasteiger partial charge in [-0.2, -0.15) is 5.10 Å². The van der Waals surface area contributed by atoms with Gasteiger partial charge in [0.1, 0.15) is 11.5 Å². The highest BCUT2D eigenvalue weighted by Gasteiger charge is 2.21. The van der Waals surface area contributed by atoms with Crippen LogP contribution in [0.25, 0.3) is 11.5 Å². The van der Waals surface area contributed by atoms with E-state index in [2.05, 4.69) is 39.6 Å². The molecule has 1 N–H and O–H groups in total. The zero-order chi connectivity index (χ0) is 23.8. The normalized spacial score (nSPS) is 12.8. The van der Waals surface area contributed by atoms with Gasteiger partial charge in [-0.1, -0.05) is 18.2 Å². The molecule has 2 aromatic heterocycles. The lowest BCUT2D eigenvalue weighted by atomic mass is 10.1. The zero-order valence-electron chi connectivity index (χ0n) is 20.1. The molecule has 5 rings (SSSR count). The molecule has 7 heteroatoms. The number of amides is 1. The fourth-order valence-corrected chi connectivity index (χ4v) is 4.56. The first-order valence-corrected chi connectivity index (χ1v) is 11.6.